The summed E-state index contributed by atoms with van der Waals surface area (Å²) < 4.78 is 29.0. The van der Waals surface area contributed by atoms with Crippen molar-refractivity contribution in [2.45, 2.75) is 43.9 Å². The first-order chi connectivity index (χ1) is 14.0. The summed E-state index contributed by atoms with van der Waals surface area (Å²) in [4.78, 5) is 23.4. The van der Waals surface area contributed by atoms with Crippen molar-refractivity contribution in [3.8, 4) is 0 Å². The number of hydrogen-bond acceptors (Lipinski definition) is 4. The van der Waals surface area contributed by atoms with Gasteiger partial charge in [0, 0.05) is 30.6 Å². The molecule has 29 heavy (non-hydrogen) atoms. The fraction of sp³-hybridized carbons (Fsp3) is 0.476. The summed E-state index contributed by atoms with van der Waals surface area (Å²) in [6.45, 7) is 1.82. The Bertz CT molecular complexity index is 891. The number of carbonyl (C=O) groups excluding carboxylic acids is 1. The Morgan fingerprint density at radius 1 is 1.14 bits per heavy atom. The average molecular weight is 421 g/mol. The number of anilines is 1. The van der Waals surface area contributed by atoms with Crippen LogP contribution in [0.5, 0.6) is 0 Å². The molecule has 1 aromatic carbocycles. The third-order valence-corrected chi connectivity index (χ3v) is 6.25. The highest BCUT2D eigenvalue weighted by atomic mass is 35.5. The van der Waals surface area contributed by atoms with E-state index in [1.807, 2.05) is 4.90 Å². The molecule has 5 nitrogen and oxygen atoms in total. The molecule has 0 bridgehead atoms. The lowest BCUT2D eigenvalue weighted by Crippen LogP contribution is -2.40. The summed E-state index contributed by atoms with van der Waals surface area (Å²) in [5.41, 5.74) is -0.613. The van der Waals surface area contributed by atoms with Crippen LogP contribution in [0.15, 0.2) is 24.4 Å². The smallest absolute Gasteiger partial charge is 0.271 e. The van der Waals surface area contributed by atoms with Crippen LogP contribution in [0, 0.1) is 11.6 Å². The van der Waals surface area contributed by atoms with Gasteiger partial charge in [-0.3, -0.25) is 4.79 Å². The average Bonchev–Trinajstić information content (AvgIpc) is 3.39. The number of rotatable bonds is 5. The SMILES string of the molecule is O=C(NCC1(c2c(F)cccc2F)CCCC1)c1nc(N2CCCC2)ncc1Cl. The molecule has 1 aliphatic carbocycles. The second kappa shape index (κ2) is 8.22. The molecular weight excluding hydrogens is 398 g/mol. The fourth-order valence-corrected chi connectivity index (χ4v) is 4.67. The predicted octanol–water partition coefficient (Wildman–Crippen LogP) is 4.25. The first-order valence-corrected chi connectivity index (χ1v) is 10.4. The molecule has 2 heterocycles. The monoisotopic (exact) mass is 420 g/mol. The third-order valence-electron chi connectivity index (χ3n) is 5.98. The number of nitrogens with one attached hydrogen (secondary N) is 1. The lowest BCUT2D eigenvalue weighted by atomic mass is 9.78. The van der Waals surface area contributed by atoms with Crippen molar-refractivity contribution in [2.75, 3.05) is 24.5 Å². The molecular formula is C21H23ClF2N4O. The molecule has 0 unspecified atom stereocenters. The summed E-state index contributed by atoms with van der Waals surface area (Å²) in [6, 6.07) is 3.89. The zero-order valence-electron chi connectivity index (χ0n) is 16.1. The Morgan fingerprint density at radius 2 is 1.79 bits per heavy atom. The Kier molecular flexibility index (Phi) is 5.67. The van der Waals surface area contributed by atoms with Crippen LogP contribution in [0.1, 0.15) is 54.6 Å². The van der Waals surface area contributed by atoms with Gasteiger partial charge in [0.2, 0.25) is 5.95 Å². The van der Waals surface area contributed by atoms with Crippen LogP contribution in [0.2, 0.25) is 5.02 Å². The molecule has 1 aromatic heterocycles. The number of aromatic nitrogens is 2. The normalized spacial score (nSPS) is 18.2. The Labute approximate surface area is 173 Å². The van der Waals surface area contributed by atoms with Crippen molar-refractivity contribution in [2.24, 2.45) is 0 Å². The molecule has 4 rings (SSSR count). The molecule has 0 radical (unpaired) electrons. The van der Waals surface area contributed by atoms with Crippen LogP contribution in [0.25, 0.3) is 0 Å². The van der Waals surface area contributed by atoms with Crippen molar-refractivity contribution < 1.29 is 13.6 Å². The largest absolute Gasteiger partial charge is 0.350 e. The van der Waals surface area contributed by atoms with E-state index in [0.717, 1.165) is 38.8 Å². The highest BCUT2D eigenvalue weighted by Crippen LogP contribution is 2.42. The van der Waals surface area contributed by atoms with E-state index in [2.05, 4.69) is 15.3 Å². The summed E-state index contributed by atoms with van der Waals surface area (Å²) in [5, 5.41) is 2.98. The lowest BCUT2D eigenvalue weighted by molar-refractivity contribution is 0.0937. The molecule has 1 saturated heterocycles. The van der Waals surface area contributed by atoms with E-state index < -0.39 is 23.0 Å². The predicted molar refractivity (Wildman–Crippen MR) is 107 cm³/mol. The number of hydrogen-bond donors (Lipinski definition) is 1. The van der Waals surface area contributed by atoms with Crippen molar-refractivity contribution in [1.82, 2.24) is 15.3 Å². The standard InChI is InChI=1S/C21H23ClF2N4O/c22-14-12-25-20(28-10-3-4-11-28)27-18(14)19(29)26-13-21(8-1-2-9-21)17-15(23)6-5-7-16(17)24/h5-7,12H,1-4,8-11,13H2,(H,26,29). The van der Waals surface area contributed by atoms with Gasteiger partial charge in [0.25, 0.3) is 5.91 Å². The van der Waals surface area contributed by atoms with Crippen LogP contribution < -0.4 is 10.2 Å². The quantitative estimate of drug-likeness (QED) is 0.785. The van der Waals surface area contributed by atoms with Gasteiger partial charge in [-0.15, -0.1) is 0 Å². The van der Waals surface area contributed by atoms with Gasteiger partial charge in [-0.25, -0.2) is 18.7 Å². The van der Waals surface area contributed by atoms with Crippen LogP contribution >= 0.6 is 11.6 Å². The van der Waals surface area contributed by atoms with Crippen LogP contribution in [0.4, 0.5) is 14.7 Å². The van der Waals surface area contributed by atoms with Gasteiger partial charge >= 0.3 is 0 Å². The summed E-state index contributed by atoms with van der Waals surface area (Å²) >= 11 is 6.17. The minimum atomic E-state index is -0.762. The van der Waals surface area contributed by atoms with Gasteiger partial charge < -0.3 is 10.2 Å². The van der Waals surface area contributed by atoms with Crippen molar-refractivity contribution in [3.63, 3.8) is 0 Å². The molecule has 1 saturated carbocycles. The highest BCUT2D eigenvalue weighted by Gasteiger charge is 2.40. The number of halogens is 3. The Morgan fingerprint density at radius 3 is 2.45 bits per heavy atom. The maximum atomic E-state index is 14.5. The zero-order valence-corrected chi connectivity index (χ0v) is 16.8. The van der Waals surface area contributed by atoms with Gasteiger partial charge in [0.15, 0.2) is 5.69 Å². The molecule has 2 aromatic rings. The summed E-state index contributed by atoms with van der Waals surface area (Å²) in [5.74, 6) is -1.12. The first kappa shape index (κ1) is 20.0. The summed E-state index contributed by atoms with van der Waals surface area (Å²) in [6.07, 6.45) is 6.49. The van der Waals surface area contributed by atoms with Crippen LogP contribution in [-0.4, -0.2) is 35.5 Å². The number of carbonyl (C=O) groups is 1. The van der Waals surface area contributed by atoms with E-state index >= 15 is 0 Å². The Hall–Kier alpha value is -2.28. The van der Waals surface area contributed by atoms with Gasteiger partial charge in [0.1, 0.15) is 11.6 Å². The second-order valence-electron chi connectivity index (χ2n) is 7.83. The summed E-state index contributed by atoms with van der Waals surface area (Å²) in [7, 11) is 0. The van der Waals surface area contributed by atoms with E-state index in [1.165, 1.54) is 24.4 Å². The van der Waals surface area contributed by atoms with Crippen molar-refractivity contribution in [1.29, 1.82) is 0 Å². The Balaban J connectivity index is 1.56. The van der Waals surface area contributed by atoms with E-state index in [0.29, 0.717) is 18.8 Å². The van der Waals surface area contributed by atoms with Gasteiger partial charge in [-0.2, -0.15) is 0 Å². The maximum absolute atomic E-state index is 14.5. The fourth-order valence-electron chi connectivity index (χ4n) is 4.49. The van der Waals surface area contributed by atoms with Crippen LogP contribution in [0.3, 0.4) is 0 Å². The molecule has 1 N–H and O–H groups in total. The minimum absolute atomic E-state index is 0.0596. The maximum Gasteiger partial charge on any atom is 0.271 e. The van der Waals surface area contributed by atoms with E-state index in [4.69, 9.17) is 11.6 Å². The van der Waals surface area contributed by atoms with Crippen molar-refractivity contribution >= 4 is 23.5 Å². The lowest BCUT2D eigenvalue weighted by Gasteiger charge is -2.30. The molecule has 154 valence electrons. The molecule has 2 fully saturated rings. The van der Waals surface area contributed by atoms with E-state index in [1.54, 1.807) is 0 Å². The van der Waals surface area contributed by atoms with Gasteiger partial charge in [-0.05, 0) is 37.8 Å². The highest BCUT2D eigenvalue weighted by molar-refractivity contribution is 6.33. The number of benzene rings is 1. The number of amides is 1. The molecule has 0 atom stereocenters. The van der Waals surface area contributed by atoms with Gasteiger partial charge in [0.05, 0.1) is 11.2 Å². The second-order valence-corrected chi connectivity index (χ2v) is 8.23. The molecule has 8 heteroatoms. The van der Waals surface area contributed by atoms with Crippen molar-refractivity contribution in [3.05, 3.63) is 52.3 Å². The minimum Gasteiger partial charge on any atom is -0.350 e. The zero-order chi connectivity index (χ0) is 20.4. The molecule has 1 amide bonds. The third kappa shape index (κ3) is 3.92. The first-order valence-electron chi connectivity index (χ1n) is 10.0. The van der Waals surface area contributed by atoms with Gasteiger partial charge in [-0.1, -0.05) is 30.5 Å². The topological polar surface area (TPSA) is 58.1 Å². The number of nitrogens with zero attached hydrogens (tertiary/aromatic N) is 3. The molecule has 1 aliphatic heterocycles. The van der Waals surface area contributed by atoms with E-state index in [9.17, 15) is 13.6 Å². The van der Waals surface area contributed by atoms with Crippen LogP contribution in [-0.2, 0) is 5.41 Å². The molecule has 0 spiro atoms. The molecule has 2 aliphatic rings. The van der Waals surface area contributed by atoms with E-state index in [-0.39, 0.29) is 22.8 Å².